The zero-order valence-corrected chi connectivity index (χ0v) is 30.6. The molecular formula is C49H37NS2. The van der Waals surface area contributed by atoms with E-state index in [1.807, 2.05) is 23.5 Å². The first kappa shape index (κ1) is 33.3. The summed E-state index contributed by atoms with van der Waals surface area (Å²) in [5.74, 6) is 0. The van der Waals surface area contributed by atoms with Gasteiger partial charge in [0.2, 0.25) is 0 Å². The van der Waals surface area contributed by atoms with Gasteiger partial charge < -0.3 is 4.90 Å². The maximum Gasteiger partial charge on any atom is 0.0610 e. The Bertz CT molecular complexity index is 2500. The molecule has 1 nitrogen and oxygen atoms in total. The van der Waals surface area contributed by atoms with Crippen molar-refractivity contribution in [2.45, 2.75) is 13.3 Å². The Balaban J connectivity index is 1.19. The number of thioether (sulfide) groups is 1. The van der Waals surface area contributed by atoms with E-state index >= 15 is 0 Å². The molecule has 0 bridgehead atoms. The molecular weight excluding hydrogens is 667 g/mol. The third-order valence-electron chi connectivity index (χ3n) is 9.29. The van der Waals surface area contributed by atoms with Crippen LogP contribution in [0.3, 0.4) is 0 Å². The number of anilines is 3. The summed E-state index contributed by atoms with van der Waals surface area (Å²) in [5.41, 5.74) is 13.9. The normalized spacial score (nSPS) is 13.9. The van der Waals surface area contributed by atoms with E-state index in [1.54, 1.807) is 11.8 Å². The first-order valence-electron chi connectivity index (χ1n) is 17.6. The lowest BCUT2D eigenvalue weighted by molar-refractivity contribution is 1.29. The van der Waals surface area contributed by atoms with Crippen LogP contribution in [0.4, 0.5) is 17.1 Å². The maximum absolute atomic E-state index is 4.20. The minimum atomic E-state index is 0.929. The van der Waals surface area contributed by atoms with Crippen LogP contribution >= 0.6 is 23.1 Å². The molecule has 0 N–H and O–H groups in total. The van der Waals surface area contributed by atoms with Crippen molar-refractivity contribution in [3.63, 3.8) is 0 Å². The summed E-state index contributed by atoms with van der Waals surface area (Å²) < 4.78 is 0. The predicted molar refractivity (Wildman–Crippen MR) is 230 cm³/mol. The molecule has 0 radical (unpaired) electrons. The molecule has 0 atom stereocenters. The number of allylic oxidation sites excluding steroid dienone is 8. The van der Waals surface area contributed by atoms with Crippen LogP contribution in [0.1, 0.15) is 30.0 Å². The molecule has 5 aromatic carbocycles. The van der Waals surface area contributed by atoms with E-state index in [0.29, 0.717) is 0 Å². The summed E-state index contributed by atoms with van der Waals surface area (Å²) >= 11 is 3.61. The highest BCUT2D eigenvalue weighted by Crippen LogP contribution is 2.45. The van der Waals surface area contributed by atoms with Crippen LogP contribution in [0.2, 0.25) is 0 Å². The molecule has 250 valence electrons. The SMILES string of the molecule is C=Cc1c(/C=C\C)cc(N(c2ccc(C3=CC=C=C(C4=CCC=CC=C4)S3)cc2)c2ccc(-c3ccc(-c4ccccc4)s3)cc2)c2ccccc12. The lowest BCUT2D eigenvalue weighted by atomic mass is 9.95. The molecule has 0 amide bonds. The molecule has 6 aromatic rings. The Morgan fingerprint density at radius 3 is 2.12 bits per heavy atom. The number of fused-ring (bicyclic) bond motifs is 1. The fourth-order valence-electron chi connectivity index (χ4n) is 6.77. The highest BCUT2D eigenvalue weighted by Gasteiger charge is 2.20. The second kappa shape index (κ2) is 15.2. The van der Waals surface area contributed by atoms with E-state index in [1.165, 1.54) is 47.7 Å². The van der Waals surface area contributed by atoms with E-state index in [4.69, 9.17) is 0 Å². The second-order valence-corrected chi connectivity index (χ2v) is 14.7. The van der Waals surface area contributed by atoms with Crippen LogP contribution < -0.4 is 4.90 Å². The number of hydrogen-bond acceptors (Lipinski definition) is 3. The molecule has 8 rings (SSSR count). The number of nitrogens with zero attached hydrogens (tertiary/aromatic N) is 1. The van der Waals surface area contributed by atoms with E-state index in [-0.39, 0.29) is 0 Å². The van der Waals surface area contributed by atoms with E-state index in [0.717, 1.165) is 39.5 Å². The molecule has 52 heavy (non-hydrogen) atoms. The average Bonchev–Trinajstić information content (AvgIpc) is 3.54. The van der Waals surface area contributed by atoms with Crippen LogP contribution in [0, 0.1) is 0 Å². The molecule has 2 heterocycles. The van der Waals surface area contributed by atoms with Gasteiger partial charge in [0.1, 0.15) is 0 Å². The third kappa shape index (κ3) is 6.78. The number of thiophene rings is 1. The van der Waals surface area contributed by atoms with Crippen molar-refractivity contribution in [2.75, 3.05) is 4.90 Å². The quantitative estimate of drug-likeness (QED) is 0.138. The predicted octanol–water partition coefficient (Wildman–Crippen LogP) is 15.0. The number of hydrogen-bond donors (Lipinski definition) is 0. The molecule has 0 saturated carbocycles. The van der Waals surface area contributed by atoms with E-state index in [9.17, 15) is 0 Å². The lowest BCUT2D eigenvalue weighted by Crippen LogP contribution is -2.11. The molecule has 2 aliphatic rings. The molecule has 1 aromatic heterocycles. The minimum absolute atomic E-state index is 0.929. The largest absolute Gasteiger partial charge is 0.310 e. The molecule has 1 aliphatic heterocycles. The fraction of sp³-hybridized carbons (Fsp3) is 0.0408. The summed E-state index contributed by atoms with van der Waals surface area (Å²) in [7, 11) is 0. The van der Waals surface area contributed by atoms with Crippen molar-refractivity contribution in [1.82, 2.24) is 0 Å². The summed E-state index contributed by atoms with van der Waals surface area (Å²) in [5, 5.41) is 2.36. The fourth-order valence-corrected chi connectivity index (χ4v) is 8.79. The van der Waals surface area contributed by atoms with Crippen LogP contribution in [0.25, 0.3) is 48.7 Å². The van der Waals surface area contributed by atoms with Gasteiger partial charge in [-0.2, -0.15) is 0 Å². The highest BCUT2D eigenvalue weighted by atomic mass is 32.2. The first-order valence-corrected chi connectivity index (χ1v) is 19.2. The zero-order valence-electron chi connectivity index (χ0n) is 29.0. The Labute approximate surface area is 315 Å². The molecule has 3 heteroatoms. The minimum Gasteiger partial charge on any atom is -0.310 e. The van der Waals surface area contributed by atoms with E-state index in [2.05, 4.69) is 194 Å². The third-order valence-corrected chi connectivity index (χ3v) is 11.6. The molecule has 0 fully saturated rings. The average molecular weight is 704 g/mol. The Kier molecular flexibility index (Phi) is 9.73. The summed E-state index contributed by atoms with van der Waals surface area (Å²) in [6.07, 6.45) is 22.2. The second-order valence-electron chi connectivity index (χ2n) is 12.6. The van der Waals surface area contributed by atoms with Crippen molar-refractivity contribution in [1.29, 1.82) is 0 Å². The van der Waals surface area contributed by atoms with Gasteiger partial charge in [0, 0.05) is 31.4 Å². The van der Waals surface area contributed by atoms with Gasteiger partial charge in [-0.25, -0.2) is 0 Å². The Morgan fingerprint density at radius 2 is 1.40 bits per heavy atom. The van der Waals surface area contributed by atoms with Crippen molar-refractivity contribution in [2.24, 2.45) is 0 Å². The van der Waals surface area contributed by atoms with Crippen LogP contribution in [-0.4, -0.2) is 0 Å². The Morgan fingerprint density at radius 1 is 0.731 bits per heavy atom. The topological polar surface area (TPSA) is 3.24 Å². The van der Waals surface area contributed by atoms with Crippen molar-refractivity contribution in [3.8, 4) is 20.9 Å². The molecule has 0 spiro atoms. The maximum atomic E-state index is 4.20. The number of rotatable bonds is 9. The van der Waals surface area contributed by atoms with Gasteiger partial charge in [-0.3, -0.25) is 0 Å². The van der Waals surface area contributed by atoms with Crippen molar-refractivity contribution < 1.29 is 0 Å². The molecule has 0 saturated heterocycles. The van der Waals surface area contributed by atoms with Gasteiger partial charge in [0.25, 0.3) is 0 Å². The summed E-state index contributed by atoms with van der Waals surface area (Å²) in [6.45, 7) is 6.26. The van der Waals surface area contributed by atoms with Gasteiger partial charge >= 0.3 is 0 Å². The van der Waals surface area contributed by atoms with Gasteiger partial charge in [-0.15, -0.1) is 17.1 Å². The standard InChI is InChI=1S/C49H37NS2/c1-3-15-39-34-45(44-21-13-12-20-43(44)42(39)4-2)50(41-30-26-38(27-31-41)49-33-32-48(52-49)36-18-10-7-11-19-36)40-28-24-37(25-29-40)47-23-14-22-46(51-47)35-16-8-5-6-9-17-35/h3-8,10-21,23-34H,2,9H2,1H3/b15-3-. The van der Waals surface area contributed by atoms with Gasteiger partial charge in [0.05, 0.1) is 10.6 Å². The van der Waals surface area contributed by atoms with Crippen molar-refractivity contribution >= 4 is 68.0 Å². The summed E-state index contributed by atoms with van der Waals surface area (Å²) in [4.78, 5) is 7.28. The first-order chi connectivity index (χ1) is 25.7. The summed E-state index contributed by atoms with van der Waals surface area (Å²) in [6, 6.07) is 44.0. The van der Waals surface area contributed by atoms with Crippen LogP contribution in [0.15, 0.2) is 193 Å². The smallest absolute Gasteiger partial charge is 0.0610 e. The van der Waals surface area contributed by atoms with Gasteiger partial charge in [-0.1, -0.05) is 146 Å². The molecule has 0 unspecified atom stereocenters. The zero-order chi connectivity index (χ0) is 35.3. The van der Waals surface area contributed by atoms with Crippen LogP contribution in [0.5, 0.6) is 0 Å². The van der Waals surface area contributed by atoms with Gasteiger partial charge in [0.15, 0.2) is 0 Å². The monoisotopic (exact) mass is 703 g/mol. The van der Waals surface area contributed by atoms with E-state index < -0.39 is 0 Å². The molecule has 1 aliphatic carbocycles. The number of benzene rings is 5. The Hall–Kier alpha value is -5.83. The lowest BCUT2D eigenvalue weighted by Gasteiger charge is -2.28. The highest BCUT2D eigenvalue weighted by molar-refractivity contribution is 8.12. The van der Waals surface area contributed by atoms with Crippen LogP contribution in [-0.2, 0) is 0 Å². The van der Waals surface area contributed by atoms with Gasteiger partial charge in [-0.05, 0) is 107 Å². The van der Waals surface area contributed by atoms with Crippen molar-refractivity contribution in [3.05, 3.63) is 209 Å².